The summed E-state index contributed by atoms with van der Waals surface area (Å²) >= 11 is 0. The fourth-order valence-electron chi connectivity index (χ4n) is 1.63. The Morgan fingerprint density at radius 1 is 1.28 bits per heavy atom. The normalized spacial score (nSPS) is 11.3. The Bertz CT molecular complexity index is 399. The van der Waals surface area contributed by atoms with Crippen molar-refractivity contribution in [2.24, 2.45) is 0 Å². The van der Waals surface area contributed by atoms with Crippen LogP contribution in [0, 0.1) is 6.92 Å². The van der Waals surface area contributed by atoms with Crippen LogP contribution >= 0.6 is 0 Å². The van der Waals surface area contributed by atoms with Gasteiger partial charge in [-0.2, -0.15) is 4.89 Å². The molecule has 4 heteroatoms. The van der Waals surface area contributed by atoms with Gasteiger partial charge in [0.05, 0.1) is 5.56 Å². The van der Waals surface area contributed by atoms with Gasteiger partial charge in [-0.25, -0.2) is 4.79 Å². The van der Waals surface area contributed by atoms with Gasteiger partial charge in [0.1, 0.15) is 5.60 Å². The van der Waals surface area contributed by atoms with E-state index in [1.54, 1.807) is 12.1 Å². The maximum atomic E-state index is 11.7. The van der Waals surface area contributed by atoms with Gasteiger partial charge in [0.15, 0.2) is 0 Å². The second-order valence-corrected chi connectivity index (χ2v) is 4.85. The Morgan fingerprint density at radius 3 is 2.56 bits per heavy atom. The van der Waals surface area contributed by atoms with Crippen LogP contribution in [0.15, 0.2) is 24.3 Å². The van der Waals surface area contributed by atoms with Crippen molar-refractivity contribution in [2.75, 3.05) is 0 Å². The SMILES string of the molecule is CCCC(C)(C)OOOC(=O)c1ccccc1C. The van der Waals surface area contributed by atoms with Crippen LogP contribution in [-0.4, -0.2) is 11.6 Å². The molecule has 0 saturated heterocycles. The number of carbonyl (C=O) groups excluding carboxylic acids is 1. The van der Waals surface area contributed by atoms with Gasteiger partial charge in [0.25, 0.3) is 0 Å². The summed E-state index contributed by atoms with van der Waals surface area (Å²) in [6, 6.07) is 7.13. The summed E-state index contributed by atoms with van der Waals surface area (Å²) < 4.78 is 0. The molecule has 0 aliphatic heterocycles. The summed E-state index contributed by atoms with van der Waals surface area (Å²) in [6.07, 6.45) is 1.77. The first-order chi connectivity index (χ1) is 8.46. The second kappa shape index (κ2) is 6.52. The highest BCUT2D eigenvalue weighted by atomic mass is 17.5. The predicted octanol–water partition coefficient (Wildman–Crippen LogP) is 3.59. The fraction of sp³-hybridized carbons (Fsp3) is 0.500. The van der Waals surface area contributed by atoms with Crippen molar-refractivity contribution < 1.29 is 19.6 Å². The summed E-state index contributed by atoms with van der Waals surface area (Å²) in [4.78, 5) is 21.4. The number of carbonyl (C=O) groups is 1. The molecule has 1 aromatic carbocycles. The zero-order valence-electron chi connectivity index (χ0n) is 11.4. The van der Waals surface area contributed by atoms with Gasteiger partial charge >= 0.3 is 5.97 Å². The lowest BCUT2D eigenvalue weighted by molar-refractivity contribution is -0.513. The van der Waals surface area contributed by atoms with E-state index in [1.807, 2.05) is 39.8 Å². The average molecular weight is 252 g/mol. The van der Waals surface area contributed by atoms with E-state index >= 15 is 0 Å². The molecule has 0 aromatic heterocycles. The first kappa shape index (κ1) is 14.7. The van der Waals surface area contributed by atoms with Crippen molar-refractivity contribution in [1.82, 2.24) is 0 Å². The lowest BCUT2D eigenvalue weighted by atomic mass is 10.0. The minimum Gasteiger partial charge on any atom is -0.263 e. The Labute approximate surface area is 108 Å². The Balaban J connectivity index is 2.45. The molecule has 0 atom stereocenters. The monoisotopic (exact) mass is 252 g/mol. The summed E-state index contributed by atoms with van der Waals surface area (Å²) in [5.74, 6) is -0.555. The van der Waals surface area contributed by atoms with Crippen molar-refractivity contribution in [3.05, 3.63) is 35.4 Å². The van der Waals surface area contributed by atoms with E-state index in [4.69, 9.17) is 4.89 Å². The van der Waals surface area contributed by atoms with Gasteiger partial charge in [-0.15, -0.1) is 0 Å². The minimum atomic E-state index is -0.555. The van der Waals surface area contributed by atoms with Crippen molar-refractivity contribution in [3.8, 4) is 0 Å². The lowest BCUT2D eigenvalue weighted by Crippen LogP contribution is -2.25. The molecule has 0 bridgehead atoms. The zero-order valence-corrected chi connectivity index (χ0v) is 11.4. The first-order valence-electron chi connectivity index (χ1n) is 6.08. The van der Waals surface area contributed by atoms with Crippen molar-refractivity contribution >= 4 is 5.97 Å². The molecule has 1 rings (SSSR count). The maximum Gasteiger partial charge on any atom is 0.376 e. The quantitative estimate of drug-likeness (QED) is 0.573. The fourth-order valence-corrected chi connectivity index (χ4v) is 1.63. The van der Waals surface area contributed by atoms with E-state index < -0.39 is 11.6 Å². The van der Waals surface area contributed by atoms with E-state index in [2.05, 4.69) is 9.93 Å². The molecule has 18 heavy (non-hydrogen) atoms. The molecular formula is C14H20O4. The molecule has 0 aliphatic rings. The van der Waals surface area contributed by atoms with Crippen LogP contribution in [0.1, 0.15) is 49.5 Å². The van der Waals surface area contributed by atoms with Gasteiger partial charge in [-0.3, -0.25) is 4.89 Å². The van der Waals surface area contributed by atoms with Gasteiger partial charge in [0, 0.05) is 0 Å². The highest BCUT2D eigenvalue weighted by molar-refractivity contribution is 5.90. The summed E-state index contributed by atoms with van der Waals surface area (Å²) in [5.41, 5.74) is 0.828. The summed E-state index contributed by atoms with van der Waals surface area (Å²) in [7, 11) is 0. The number of benzene rings is 1. The highest BCUT2D eigenvalue weighted by Crippen LogP contribution is 2.17. The minimum absolute atomic E-state index is 0.467. The van der Waals surface area contributed by atoms with Gasteiger partial charge in [-0.1, -0.05) is 31.5 Å². The van der Waals surface area contributed by atoms with E-state index in [0.717, 1.165) is 18.4 Å². The molecule has 100 valence electrons. The standard InChI is InChI=1S/C14H20O4/c1-5-10-14(3,4)17-18-16-13(15)12-9-7-6-8-11(12)2/h6-9H,5,10H2,1-4H3. The summed E-state index contributed by atoms with van der Waals surface area (Å²) in [6.45, 7) is 7.62. The van der Waals surface area contributed by atoms with E-state index in [9.17, 15) is 4.79 Å². The van der Waals surface area contributed by atoms with Crippen molar-refractivity contribution in [2.45, 2.75) is 46.1 Å². The molecule has 0 amide bonds. The van der Waals surface area contributed by atoms with Crippen LogP contribution in [0.5, 0.6) is 0 Å². The second-order valence-electron chi connectivity index (χ2n) is 4.85. The Morgan fingerprint density at radius 2 is 1.94 bits per heavy atom. The molecule has 0 unspecified atom stereocenters. The lowest BCUT2D eigenvalue weighted by Gasteiger charge is -2.20. The third kappa shape index (κ3) is 4.47. The number of aryl methyl sites for hydroxylation is 1. The van der Waals surface area contributed by atoms with Crippen LogP contribution in [0.3, 0.4) is 0 Å². The average Bonchev–Trinajstić information content (AvgIpc) is 2.29. The molecule has 1 aromatic rings. The molecule has 0 heterocycles. The van der Waals surface area contributed by atoms with Gasteiger partial charge < -0.3 is 0 Å². The van der Waals surface area contributed by atoms with Crippen LogP contribution in [-0.2, 0) is 14.8 Å². The van der Waals surface area contributed by atoms with Crippen molar-refractivity contribution in [3.63, 3.8) is 0 Å². The van der Waals surface area contributed by atoms with E-state index in [1.165, 1.54) is 0 Å². The zero-order chi connectivity index (χ0) is 13.6. The topological polar surface area (TPSA) is 44.8 Å². The molecule has 0 saturated carbocycles. The molecule has 0 N–H and O–H groups in total. The molecule has 0 aliphatic carbocycles. The maximum absolute atomic E-state index is 11.7. The first-order valence-corrected chi connectivity index (χ1v) is 6.08. The predicted molar refractivity (Wildman–Crippen MR) is 67.8 cm³/mol. The van der Waals surface area contributed by atoms with E-state index in [-0.39, 0.29) is 0 Å². The molecule has 0 fully saturated rings. The van der Waals surface area contributed by atoms with E-state index in [0.29, 0.717) is 5.56 Å². The van der Waals surface area contributed by atoms with Crippen molar-refractivity contribution in [1.29, 1.82) is 0 Å². The van der Waals surface area contributed by atoms with Crippen LogP contribution in [0.25, 0.3) is 0 Å². The third-order valence-corrected chi connectivity index (χ3v) is 2.59. The van der Waals surface area contributed by atoms with Crippen LogP contribution in [0.4, 0.5) is 0 Å². The van der Waals surface area contributed by atoms with Crippen LogP contribution < -0.4 is 0 Å². The smallest absolute Gasteiger partial charge is 0.263 e. The number of rotatable bonds is 6. The Kier molecular flexibility index (Phi) is 5.31. The van der Waals surface area contributed by atoms with Gasteiger partial charge in [0.2, 0.25) is 0 Å². The summed E-state index contributed by atoms with van der Waals surface area (Å²) in [5, 5.41) is 4.57. The number of hydrogen-bond acceptors (Lipinski definition) is 4. The largest absolute Gasteiger partial charge is 0.376 e. The Hall–Kier alpha value is -1.39. The van der Waals surface area contributed by atoms with Crippen LogP contribution in [0.2, 0.25) is 0 Å². The molecule has 0 radical (unpaired) electrons. The molecule has 4 nitrogen and oxygen atoms in total. The third-order valence-electron chi connectivity index (χ3n) is 2.59. The van der Waals surface area contributed by atoms with Gasteiger partial charge in [-0.05, 0) is 43.9 Å². The highest BCUT2D eigenvalue weighted by Gasteiger charge is 2.20. The molecule has 0 spiro atoms. The number of hydrogen-bond donors (Lipinski definition) is 0. The molecular weight excluding hydrogens is 232 g/mol.